The minimum atomic E-state index is -1.34. The van der Waals surface area contributed by atoms with E-state index in [4.69, 9.17) is 0 Å². The Hall–Kier alpha value is -2.27. The van der Waals surface area contributed by atoms with E-state index in [0.29, 0.717) is 11.1 Å². The van der Waals surface area contributed by atoms with Crippen LogP contribution in [0.2, 0.25) is 0 Å². The van der Waals surface area contributed by atoms with Crippen molar-refractivity contribution in [3.63, 3.8) is 0 Å². The zero-order valence-electron chi connectivity index (χ0n) is 13.4. The molecule has 124 valence electrons. The van der Waals surface area contributed by atoms with Crippen LogP contribution < -0.4 is 10.2 Å². The van der Waals surface area contributed by atoms with Crippen LogP contribution in [0.3, 0.4) is 0 Å². The van der Waals surface area contributed by atoms with Crippen LogP contribution in [-0.4, -0.2) is 17.7 Å². The highest BCUT2D eigenvalue weighted by atomic mass is 32.2. The lowest BCUT2D eigenvalue weighted by Gasteiger charge is -2.32. The molecule has 24 heavy (non-hydrogen) atoms. The molecule has 0 fully saturated rings. The molecular formula is C19H16O4S-2. The first kappa shape index (κ1) is 16.6. The summed E-state index contributed by atoms with van der Waals surface area (Å²) in [6, 6.07) is 9.58. The summed E-state index contributed by atoms with van der Waals surface area (Å²) in [5.74, 6) is -1.62. The van der Waals surface area contributed by atoms with Crippen LogP contribution in [0.25, 0.3) is 11.1 Å². The van der Waals surface area contributed by atoms with Crippen molar-refractivity contribution in [2.45, 2.75) is 30.6 Å². The summed E-state index contributed by atoms with van der Waals surface area (Å²) in [6.07, 6.45) is 1.03. The van der Waals surface area contributed by atoms with Crippen LogP contribution in [0.4, 0.5) is 0 Å². The van der Waals surface area contributed by atoms with E-state index in [1.165, 1.54) is 23.1 Å². The second-order valence-electron chi connectivity index (χ2n) is 6.53. The topological polar surface area (TPSA) is 80.3 Å². The van der Waals surface area contributed by atoms with Crippen LogP contribution in [0.15, 0.2) is 41.3 Å². The number of benzene rings is 2. The number of carboxylic acid groups (broad SMARTS) is 2. The second-order valence-corrected chi connectivity index (χ2v) is 7.67. The zero-order valence-corrected chi connectivity index (χ0v) is 14.2. The lowest BCUT2D eigenvalue weighted by molar-refractivity contribution is -0.256. The molecule has 0 radical (unpaired) electrons. The van der Waals surface area contributed by atoms with Gasteiger partial charge < -0.3 is 19.8 Å². The van der Waals surface area contributed by atoms with E-state index >= 15 is 0 Å². The molecule has 1 heterocycles. The Labute approximate surface area is 144 Å². The third-order valence-corrected chi connectivity index (χ3v) is 5.55. The molecule has 0 saturated heterocycles. The fraction of sp³-hybridized carbons (Fsp3) is 0.263. The third-order valence-electron chi connectivity index (χ3n) is 4.48. The molecule has 0 saturated carbocycles. The van der Waals surface area contributed by atoms with E-state index in [-0.39, 0.29) is 16.5 Å². The number of hydrogen-bond donors (Lipinski definition) is 0. The van der Waals surface area contributed by atoms with Gasteiger partial charge in [0.05, 0.1) is 11.9 Å². The molecule has 0 atom stereocenters. The van der Waals surface area contributed by atoms with Crippen molar-refractivity contribution in [1.82, 2.24) is 0 Å². The molecule has 0 unspecified atom stereocenters. The second kappa shape index (κ2) is 5.98. The Balaban J connectivity index is 2.20. The van der Waals surface area contributed by atoms with E-state index in [9.17, 15) is 19.8 Å². The fourth-order valence-electron chi connectivity index (χ4n) is 2.99. The van der Waals surface area contributed by atoms with Gasteiger partial charge in [-0.05, 0) is 58.0 Å². The number of hydrogen-bond acceptors (Lipinski definition) is 5. The van der Waals surface area contributed by atoms with Crippen molar-refractivity contribution >= 4 is 23.7 Å². The maximum Gasteiger partial charge on any atom is 0.0721 e. The number of fused-ring (bicyclic) bond motifs is 1. The summed E-state index contributed by atoms with van der Waals surface area (Å²) in [5, 5.41) is 22.5. The lowest BCUT2D eigenvalue weighted by atomic mass is 9.80. The number of carbonyl (C=O) groups excluding carboxylic acids is 2. The van der Waals surface area contributed by atoms with Crippen LogP contribution >= 0.6 is 11.8 Å². The highest BCUT2D eigenvalue weighted by molar-refractivity contribution is 7.99. The molecule has 2 aromatic rings. The van der Waals surface area contributed by atoms with Gasteiger partial charge in [0, 0.05) is 10.5 Å². The molecule has 0 aliphatic carbocycles. The summed E-state index contributed by atoms with van der Waals surface area (Å²) < 4.78 is 0. The van der Waals surface area contributed by atoms with Gasteiger partial charge in [-0.25, -0.2) is 0 Å². The van der Waals surface area contributed by atoms with Gasteiger partial charge in [0.25, 0.3) is 0 Å². The van der Waals surface area contributed by atoms with Gasteiger partial charge >= 0.3 is 0 Å². The Morgan fingerprint density at radius 1 is 1.04 bits per heavy atom. The molecule has 4 nitrogen and oxygen atoms in total. The zero-order chi connectivity index (χ0) is 17.5. The molecule has 0 aromatic heterocycles. The van der Waals surface area contributed by atoms with Gasteiger partial charge in [0.2, 0.25) is 0 Å². The Kier molecular flexibility index (Phi) is 4.13. The predicted octanol–water partition coefficient (Wildman–Crippen LogP) is 1.85. The SMILES string of the molecule is CC1(C)CCSc2ccc(-c3cc(C(=O)[O-])ccc3C(=O)[O-])cc21. The first-order valence-corrected chi connectivity index (χ1v) is 8.62. The molecule has 0 spiro atoms. The normalized spacial score (nSPS) is 15.6. The molecule has 5 heteroatoms. The van der Waals surface area contributed by atoms with Crippen molar-refractivity contribution in [1.29, 1.82) is 0 Å². The minimum absolute atomic E-state index is 0.00973. The standard InChI is InChI=1S/C19H18O4S/c1-19(2)7-8-24-16-6-4-11(10-15(16)19)14-9-12(17(20)21)3-5-13(14)18(22)23/h3-6,9-10H,7-8H2,1-2H3,(H,20,21)(H,22,23)/p-2. The maximum absolute atomic E-state index is 11.4. The van der Waals surface area contributed by atoms with Crippen LogP contribution in [-0.2, 0) is 5.41 Å². The van der Waals surface area contributed by atoms with Crippen molar-refractivity contribution in [3.05, 3.63) is 53.1 Å². The Morgan fingerprint density at radius 3 is 2.46 bits per heavy atom. The van der Waals surface area contributed by atoms with E-state index in [1.54, 1.807) is 11.8 Å². The summed E-state index contributed by atoms with van der Waals surface area (Å²) >= 11 is 1.78. The van der Waals surface area contributed by atoms with Gasteiger partial charge in [-0.1, -0.05) is 32.0 Å². The number of thioether (sulfide) groups is 1. The summed E-state index contributed by atoms with van der Waals surface area (Å²) in [6.45, 7) is 4.32. The van der Waals surface area contributed by atoms with Crippen LogP contribution in [0.5, 0.6) is 0 Å². The van der Waals surface area contributed by atoms with Gasteiger partial charge in [0.1, 0.15) is 0 Å². The van der Waals surface area contributed by atoms with E-state index < -0.39 is 11.9 Å². The van der Waals surface area contributed by atoms with Crippen LogP contribution in [0, 0.1) is 0 Å². The minimum Gasteiger partial charge on any atom is -0.545 e. The summed E-state index contributed by atoms with van der Waals surface area (Å²) in [7, 11) is 0. The molecule has 3 rings (SSSR count). The first-order chi connectivity index (χ1) is 11.3. The number of carboxylic acids is 2. The Morgan fingerprint density at radius 2 is 1.79 bits per heavy atom. The lowest BCUT2D eigenvalue weighted by Crippen LogP contribution is -2.25. The van der Waals surface area contributed by atoms with Crippen LogP contribution in [0.1, 0.15) is 46.5 Å². The summed E-state index contributed by atoms with van der Waals surface area (Å²) in [5.41, 5.74) is 2.07. The smallest absolute Gasteiger partial charge is 0.0721 e. The summed E-state index contributed by atoms with van der Waals surface area (Å²) in [4.78, 5) is 23.7. The third kappa shape index (κ3) is 2.91. The van der Waals surface area contributed by atoms with Gasteiger partial charge in [-0.2, -0.15) is 0 Å². The largest absolute Gasteiger partial charge is 0.545 e. The number of rotatable bonds is 3. The molecule has 1 aliphatic heterocycles. The van der Waals surface area contributed by atoms with Gasteiger partial charge in [-0.3, -0.25) is 0 Å². The molecular weight excluding hydrogens is 324 g/mol. The molecule has 0 bridgehead atoms. The fourth-order valence-corrected chi connectivity index (χ4v) is 4.48. The highest BCUT2D eigenvalue weighted by Gasteiger charge is 2.28. The average molecular weight is 340 g/mol. The average Bonchev–Trinajstić information content (AvgIpc) is 2.53. The first-order valence-electron chi connectivity index (χ1n) is 7.64. The van der Waals surface area contributed by atoms with Crippen molar-refractivity contribution in [2.75, 3.05) is 5.75 Å². The van der Waals surface area contributed by atoms with Crippen molar-refractivity contribution < 1.29 is 19.8 Å². The molecule has 0 amide bonds. The number of carbonyl (C=O) groups is 2. The van der Waals surface area contributed by atoms with Gasteiger partial charge in [0.15, 0.2) is 0 Å². The quantitative estimate of drug-likeness (QED) is 0.852. The predicted molar refractivity (Wildman–Crippen MR) is 88.9 cm³/mol. The van der Waals surface area contributed by atoms with E-state index in [0.717, 1.165) is 17.7 Å². The molecule has 0 N–H and O–H groups in total. The monoisotopic (exact) mass is 340 g/mol. The van der Waals surface area contributed by atoms with Gasteiger partial charge in [-0.15, -0.1) is 11.8 Å². The highest BCUT2D eigenvalue weighted by Crippen LogP contribution is 2.43. The van der Waals surface area contributed by atoms with E-state index in [2.05, 4.69) is 13.8 Å². The number of aromatic carboxylic acids is 2. The van der Waals surface area contributed by atoms with Crippen molar-refractivity contribution in [3.8, 4) is 11.1 Å². The molecule has 1 aliphatic rings. The van der Waals surface area contributed by atoms with Crippen molar-refractivity contribution in [2.24, 2.45) is 0 Å². The maximum atomic E-state index is 11.4. The molecule has 2 aromatic carbocycles. The Bertz CT molecular complexity index is 839. The van der Waals surface area contributed by atoms with E-state index in [1.807, 2.05) is 18.2 Å².